The Balaban J connectivity index is 1.49. The van der Waals surface area contributed by atoms with E-state index >= 15 is 0 Å². The van der Waals surface area contributed by atoms with E-state index in [9.17, 15) is 9.18 Å². The Labute approximate surface area is 164 Å². The van der Waals surface area contributed by atoms with E-state index in [1.807, 2.05) is 24.3 Å². The topological polar surface area (TPSA) is 60.0 Å². The second-order valence-corrected chi connectivity index (χ2v) is 6.48. The molecular weight excluding hydrogens is 363 g/mol. The molecule has 150 valence electrons. The average Bonchev–Trinajstić information content (AvgIpc) is 2.73. The molecule has 0 unspecified atom stereocenters. The largest absolute Gasteiger partial charge is 0.497 e. The molecule has 1 N–H and O–H groups in total. The van der Waals surface area contributed by atoms with Gasteiger partial charge < -0.3 is 19.5 Å². The van der Waals surface area contributed by atoms with Crippen LogP contribution in [0, 0.1) is 5.82 Å². The lowest BCUT2D eigenvalue weighted by atomic mass is 10.1. The van der Waals surface area contributed by atoms with Crippen molar-refractivity contribution in [3.8, 4) is 11.5 Å². The highest BCUT2D eigenvalue weighted by atomic mass is 19.1. The second kappa shape index (κ2) is 10.1. The molecule has 1 saturated heterocycles. The minimum Gasteiger partial charge on any atom is -0.497 e. The molecule has 0 aromatic heterocycles. The van der Waals surface area contributed by atoms with E-state index < -0.39 is 11.7 Å². The number of nitrogens with zero attached hydrogens (tertiary/aromatic N) is 1. The molecule has 7 heteroatoms. The molecule has 1 heterocycles. The first-order valence-electron chi connectivity index (χ1n) is 9.29. The average molecular weight is 388 g/mol. The van der Waals surface area contributed by atoms with Gasteiger partial charge in [0.05, 0.1) is 25.9 Å². The smallest absolute Gasteiger partial charge is 0.254 e. The van der Waals surface area contributed by atoms with E-state index in [-0.39, 0.29) is 12.1 Å². The number of carbonyl (C=O) groups excluding carboxylic acids is 1. The summed E-state index contributed by atoms with van der Waals surface area (Å²) in [6, 6.07) is 11.7. The maximum absolute atomic E-state index is 14.0. The quantitative estimate of drug-likeness (QED) is 0.753. The van der Waals surface area contributed by atoms with Crippen molar-refractivity contribution in [1.82, 2.24) is 10.2 Å². The number of carbonyl (C=O) groups is 1. The molecule has 0 bridgehead atoms. The minimum absolute atomic E-state index is 0.0151. The van der Waals surface area contributed by atoms with Crippen molar-refractivity contribution in [1.29, 1.82) is 0 Å². The zero-order chi connectivity index (χ0) is 19.8. The number of benzene rings is 2. The summed E-state index contributed by atoms with van der Waals surface area (Å²) >= 11 is 0. The van der Waals surface area contributed by atoms with Crippen LogP contribution in [0.5, 0.6) is 11.5 Å². The standard InChI is InChI=1S/C21H25FN2O4/c1-26-17-5-6-19(20(22)14-17)21(25)23-15-16-3-2-4-18(13-16)28-12-9-24-7-10-27-11-8-24/h2-6,13-14H,7-12,15H2,1H3,(H,23,25). The van der Waals surface area contributed by atoms with E-state index in [1.165, 1.54) is 19.2 Å². The van der Waals surface area contributed by atoms with Crippen LogP contribution < -0.4 is 14.8 Å². The van der Waals surface area contributed by atoms with Gasteiger partial charge in [-0.25, -0.2) is 4.39 Å². The van der Waals surface area contributed by atoms with Gasteiger partial charge in [0.15, 0.2) is 0 Å². The zero-order valence-electron chi connectivity index (χ0n) is 15.9. The highest BCUT2D eigenvalue weighted by molar-refractivity contribution is 5.94. The summed E-state index contributed by atoms with van der Waals surface area (Å²) in [5.74, 6) is 0.0301. The molecule has 0 aliphatic carbocycles. The number of hydrogen-bond acceptors (Lipinski definition) is 5. The number of ether oxygens (including phenoxy) is 3. The number of nitrogens with one attached hydrogen (secondary N) is 1. The fourth-order valence-electron chi connectivity index (χ4n) is 2.95. The molecule has 1 fully saturated rings. The molecule has 0 saturated carbocycles. The van der Waals surface area contributed by atoms with Crippen LogP contribution in [0.25, 0.3) is 0 Å². The first kappa shape index (κ1) is 20.1. The molecule has 6 nitrogen and oxygen atoms in total. The number of morpholine rings is 1. The van der Waals surface area contributed by atoms with Gasteiger partial charge in [0.2, 0.25) is 0 Å². The minimum atomic E-state index is -0.614. The van der Waals surface area contributed by atoms with Gasteiger partial charge in [-0.3, -0.25) is 9.69 Å². The molecule has 2 aromatic rings. The molecule has 0 atom stereocenters. The Morgan fingerprint density at radius 3 is 2.75 bits per heavy atom. The van der Waals surface area contributed by atoms with Gasteiger partial charge in [-0.05, 0) is 29.8 Å². The summed E-state index contributed by atoms with van der Waals surface area (Å²) in [6.45, 7) is 5.11. The van der Waals surface area contributed by atoms with Gasteiger partial charge >= 0.3 is 0 Å². The summed E-state index contributed by atoms with van der Waals surface area (Å²) in [7, 11) is 1.45. The molecule has 1 aliphatic rings. The lowest BCUT2D eigenvalue weighted by molar-refractivity contribution is 0.0322. The normalized spacial score (nSPS) is 14.5. The van der Waals surface area contributed by atoms with E-state index in [0.29, 0.717) is 12.4 Å². The van der Waals surface area contributed by atoms with Crippen molar-refractivity contribution in [2.45, 2.75) is 6.54 Å². The molecule has 1 aliphatic heterocycles. The lowest BCUT2D eigenvalue weighted by Gasteiger charge is -2.26. The lowest BCUT2D eigenvalue weighted by Crippen LogP contribution is -2.38. The van der Waals surface area contributed by atoms with Crippen molar-refractivity contribution < 1.29 is 23.4 Å². The summed E-state index contributed by atoms with van der Waals surface area (Å²) in [6.07, 6.45) is 0. The van der Waals surface area contributed by atoms with Crippen LogP contribution >= 0.6 is 0 Å². The number of methoxy groups -OCH3 is 1. The molecule has 0 radical (unpaired) electrons. The SMILES string of the molecule is COc1ccc(C(=O)NCc2cccc(OCCN3CCOCC3)c2)c(F)c1. The third-order valence-electron chi connectivity index (χ3n) is 4.55. The Bertz CT molecular complexity index is 794. The number of rotatable bonds is 8. The predicted octanol–water partition coefficient (Wildman–Crippen LogP) is 2.48. The molecule has 3 rings (SSSR count). The molecule has 1 amide bonds. The highest BCUT2D eigenvalue weighted by Gasteiger charge is 2.13. The Hall–Kier alpha value is -2.64. The van der Waals surface area contributed by atoms with Crippen LogP contribution in [0.15, 0.2) is 42.5 Å². The summed E-state index contributed by atoms with van der Waals surface area (Å²) in [5.41, 5.74) is 0.866. The van der Waals surface area contributed by atoms with Crippen LogP contribution in [-0.4, -0.2) is 57.4 Å². The molecule has 0 spiro atoms. The molecule has 2 aromatic carbocycles. The molecular formula is C21H25FN2O4. The van der Waals surface area contributed by atoms with Crippen LogP contribution in [0.2, 0.25) is 0 Å². The number of hydrogen-bond donors (Lipinski definition) is 1. The van der Waals surface area contributed by atoms with Gasteiger partial charge in [-0.2, -0.15) is 0 Å². The third kappa shape index (κ3) is 5.68. The maximum atomic E-state index is 14.0. The van der Waals surface area contributed by atoms with Gasteiger partial charge in [0.25, 0.3) is 5.91 Å². The van der Waals surface area contributed by atoms with Crippen LogP contribution in [0.4, 0.5) is 4.39 Å². The highest BCUT2D eigenvalue weighted by Crippen LogP contribution is 2.17. The predicted molar refractivity (Wildman–Crippen MR) is 103 cm³/mol. The first-order chi connectivity index (χ1) is 13.7. The maximum Gasteiger partial charge on any atom is 0.254 e. The van der Waals surface area contributed by atoms with E-state index in [1.54, 1.807) is 6.07 Å². The van der Waals surface area contributed by atoms with Crippen molar-refractivity contribution in [3.63, 3.8) is 0 Å². The Morgan fingerprint density at radius 2 is 2.00 bits per heavy atom. The molecule has 28 heavy (non-hydrogen) atoms. The first-order valence-corrected chi connectivity index (χ1v) is 9.29. The van der Waals surface area contributed by atoms with Crippen molar-refractivity contribution >= 4 is 5.91 Å². The van der Waals surface area contributed by atoms with Gasteiger partial charge in [0.1, 0.15) is 23.9 Å². The van der Waals surface area contributed by atoms with Crippen LogP contribution in [-0.2, 0) is 11.3 Å². The zero-order valence-corrected chi connectivity index (χ0v) is 15.9. The van der Waals surface area contributed by atoms with Crippen LogP contribution in [0.3, 0.4) is 0 Å². The second-order valence-electron chi connectivity index (χ2n) is 6.48. The van der Waals surface area contributed by atoms with E-state index in [4.69, 9.17) is 14.2 Å². The fraction of sp³-hybridized carbons (Fsp3) is 0.381. The summed E-state index contributed by atoms with van der Waals surface area (Å²) < 4.78 is 30.1. The van der Waals surface area contributed by atoms with E-state index in [0.717, 1.165) is 44.2 Å². The van der Waals surface area contributed by atoms with Gasteiger partial charge in [-0.1, -0.05) is 12.1 Å². The number of amides is 1. The third-order valence-corrected chi connectivity index (χ3v) is 4.55. The number of halogens is 1. The van der Waals surface area contributed by atoms with Crippen molar-refractivity contribution in [3.05, 3.63) is 59.4 Å². The van der Waals surface area contributed by atoms with Gasteiger partial charge in [-0.15, -0.1) is 0 Å². The van der Waals surface area contributed by atoms with Crippen LogP contribution in [0.1, 0.15) is 15.9 Å². The van der Waals surface area contributed by atoms with Crippen molar-refractivity contribution in [2.75, 3.05) is 46.6 Å². The van der Waals surface area contributed by atoms with Gasteiger partial charge in [0, 0.05) is 32.2 Å². The van der Waals surface area contributed by atoms with E-state index in [2.05, 4.69) is 10.2 Å². The fourth-order valence-corrected chi connectivity index (χ4v) is 2.95. The van der Waals surface area contributed by atoms with Crippen molar-refractivity contribution in [2.24, 2.45) is 0 Å². The summed E-state index contributed by atoms with van der Waals surface area (Å²) in [4.78, 5) is 14.5. The Morgan fingerprint density at radius 1 is 1.18 bits per heavy atom. The monoisotopic (exact) mass is 388 g/mol. The Kier molecular flexibility index (Phi) is 7.22. The summed E-state index contributed by atoms with van der Waals surface area (Å²) in [5, 5.41) is 2.73.